The molecule has 0 aromatic rings. The number of rotatable bonds is 0. The van der Waals surface area contributed by atoms with E-state index in [1.807, 2.05) is 20.8 Å². The predicted molar refractivity (Wildman–Crippen MR) is 47.8 cm³/mol. The van der Waals surface area contributed by atoms with Gasteiger partial charge in [-0.3, -0.25) is 10.1 Å². The summed E-state index contributed by atoms with van der Waals surface area (Å²) >= 11 is 4.17. The van der Waals surface area contributed by atoms with Crippen molar-refractivity contribution in [1.82, 2.24) is 10.6 Å². The molecule has 0 bridgehead atoms. The second kappa shape index (κ2) is 2.39. The number of amides is 3. The van der Waals surface area contributed by atoms with E-state index in [4.69, 9.17) is 0 Å². The van der Waals surface area contributed by atoms with Gasteiger partial charge in [-0.25, -0.2) is 4.79 Å². The first-order chi connectivity index (χ1) is 5.27. The van der Waals surface area contributed by atoms with E-state index in [9.17, 15) is 9.59 Å². The van der Waals surface area contributed by atoms with Crippen molar-refractivity contribution in [2.75, 3.05) is 0 Å². The number of imide groups is 1. The number of thiol groups is 1. The summed E-state index contributed by atoms with van der Waals surface area (Å²) in [4.78, 5) is 21.0. The maximum Gasteiger partial charge on any atom is 0.323 e. The van der Waals surface area contributed by atoms with Gasteiger partial charge in [0.2, 0.25) is 0 Å². The van der Waals surface area contributed by atoms with Gasteiger partial charge in [-0.05, 0) is 0 Å². The van der Waals surface area contributed by atoms with Gasteiger partial charge < -0.3 is 5.32 Å². The molecule has 0 spiro atoms. The highest BCUT2D eigenvalue weighted by Gasteiger charge is 2.51. The van der Waals surface area contributed by atoms with Crippen LogP contribution in [0.2, 0.25) is 0 Å². The fourth-order valence-electron chi connectivity index (χ4n) is 0.974. The monoisotopic (exact) mass is 188 g/mol. The van der Waals surface area contributed by atoms with Gasteiger partial charge in [-0.15, -0.1) is 12.6 Å². The van der Waals surface area contributed by atoms with Crippen LogP contribution in [0, 0.1) is 5.41 Å². The Morgan fingerprint density at radius 2 is 1.83 bits per heavy atom. The molecule has 2 N–H and O–H groups in total. The number of carbonyl (C=O) groups excluding carboxylic acids is 2. The van der Waals surface area contributed by atoms with Crippen LogP contribution in [0.4, 0.5) is 4.79 Å². The third-order valence-corrected chi connectivity index (χ3v) is 2.92. The van der Waals surface area contributed by atoms with Crippen molar-refractivity contribution in [2.45, 2.75) is 25.6 Å². The molecule has 4 nitrogen and oxygen atoms in total. The number of urea groups is 1. The van der Waals surface area contributed by atoms with E-state index in [2.05, 4.69) is 23.3 Å². The average molecular weight is 188 g/mol. The average Bonchev–Trinajstić information content (AvgIpc) is 2.06. The Morgan fingerprint density at radius 1 is 1.33 bits per heavy atom. The standard InChI is InChI=1S/C7H12N2O2S/c1-6(2,3)7(12)4(10)8-5(11)9-7/h12H,1-3H3,(H2,8,9,10,11). The van der Waals surface area contributed by atoms with Crippen LogP contribution in [-0.4, -0.2) is 16.8 Å². The molecule has 0 saturated carbocycles. The van der Waals surface area contributed by atoms with Crippen molar-refractivity contribution in [3.8, 4) is 0 Å². The molecule has 1 aliphatic rings. The van der Waals surface area contributed by atoms with E-state index in [0.717, 1.165) is 0 Å². The molecular weight excluding hydrogens is 176 g/mol. The highest BCUT2D eigenvalue weighted by atomic mass is 32.1. The summed E-state index contributed by atoms with van der Waals surface area (Å²) in [6.07, 6.45) is 0. The molecule has 0 aliphatic carbocycles. The zero-order valence-corrected chi connectivity index (χ0v) is 8.16. The summed E-state index contributed by atoms with van der Waals surface area (Å²) in [7, 11) is 0. The van der Waals surface area contributed by atoms with Crippen LogP contribution in [0.5, 0.6) is 0 Å². The highest BCUT2D eigenvalue weighted by molar-refractivity contribution is 7.82. The topological polar surface area (TPSA) is 58.2 Å². The molecule has 1 aliphatic heterocycles. The van der Waals surface area contributed by atoms with Crippen molar-refractivity contribution in [3.63, 3.8) is 0 Å². The predicted octanol–water partition coefficient (Wildman–Crippen LogP) is 0.498. The zero-order valence-electron chi connectivity index (χ0n) is 7.26. The molecule has 0 aromatic heterocycles. The molecule has 1 heterocycles. The maximum atomic E-state index is 11.3. The fraction of sp³-hybridized carbons (Fsp3) is 0.714. The van der Waals surface area contributed by atoms with Crippen LogP contribution in [0.3, 0.4) is 0 Å². The second-order valence-corrected chi connectivity index (χ2v) is 4.54. The Hall–Kier alpha value is -0.710. The smallest absolute Gasteiger partial charge is 0.315 e. The third kappa shape index (κ3) is 1.18. The Kier molecular flexibility index (Phi) is 1.87. The molecule has 12 heavy (non-hydrogen) atoms. The summed E-state index contributed by atoms with van der Waals surface area (Å²) in [6.45, 7) is 5.52. The van der Waals surface area contributed by atoms with Gasteiger partial charge in [-0.2, -0.15) is 0 Å². The van der Waals surface area contributed by atoms with Crippen molar-refractivity contribution in [3.05, 3.63) is 0 Å². The minimum absolute atomic E-state index is 0.386. The molecule has 1 atom stereocenters. The summed E-state index contributed by atoms with van der Waals surface area (Å²) in [5, 5.41) is 4.63. The third-order valence-electron chi connectivity index (χ3n) is 1.94. The molecule has 3 amide bonds. The van der Waals surface area contributed by atoms with Gasteiger partial charge >= 0.3 is 6.03 Å². The molecule has 5 heteroatoms. The first-order valence-electron chi connectivity index (χ1n) is 3.63. The Balaban J connectivity index is 3.00. The summed E-state index contributed by atoms with van der Waals surface area (Å²) < 4.78 is 0. The highest BCUT2D eigenvalue weighted by Crippen LogP contribution is 2.35. The first-order valence-corrected chi connectivity index (χ1v) is 4.08. The SMILES string of the molecule is CC(C)(C)C1(S)NC(=O)NC1=O. The number of hydrogen-bond donors (Lipinski definition) is 3. The molecular formula is C7H12N2O2S. The summed E-state index contributed by atoms with van der Waals surface area (Å²) in [5.74, 6) is -0.386. The molecule has 1 fully saturated rings. The molecule has 1 rings (SSSR count). The van der Waals surface area contributed by atoms with Crippen molar-refractivity contribution >= 4 is 24.6 Å². The van der Waals surface area contributed by atoms with Crippen LogP contribution in [0.25, 0.3) is 0 Å². The van der Waals surface area contributed by atoms with Crippen LogP contribution < -0.4 is 10.6 Å². The lowest BCUT2D eigenvalue weighted by Gasteiger charge is -2.33. The zero-order chi connectivity index (χ0) is 9.57. The van der Waals surface area contributed by atoms with E-state index in [1.54, 1.807) is 0 Å². The first kappa shape index (κ1) is 9.38. The normalized spacial score (nSPS) is 30.0. The maximum absolute atomic E-state index is 11.3. The van der Waals surface area contributed by atoms with Crippen LogP contribution in [0.15, 0.2) is 0 Å². The van der Waals surface area contributed by atoms with Crippen LogP contribution in [-0.2, 0) is 4.79 Å². The molecule has 0 radical (unpaired) electrons. The minimum atomic E-state index is -1.09. The number of nitrogens with one attached hydrogen (secondary N) is 2. The quantitative estimate of drug-likeness (QED) is 0.383. The molecule has 1 unspecified atom stereocenters. The van der Waals surface area contributed by atoms with Gasteiger partial charge in [0, 0.05) is 5.41 Å². The lowest BCUT2D eigenvalue weighted by atomic mass is 9.86. The van der Waals surface area contributed by atoms with E-state index in [-0.39, 0.29) is 5.91 Å². The van der Waals surface area contributed by atoms with Gasteiger partial charge in [0.25, 0.3) is 5.91 Å². The summed E-state index contributed by atoms with van der Waals surface area (Å²) in [5.41, 5.74) is -0.410. The Labute approximate surface area is 76.5 Å². The number of carbonyl (C=O) groups is 2. The molecule has 1 saturated heterocycles. The lowest BCUT2D eigenvalue weighted by molar-refractivity contribution is -0.123. The van der Waals surface area contributed by atoms with Crippen molar-refractivity contribution < 1.29 is 9.59 Å². The Morgan fingerprint density at radius 3 is 2.00 bits per heavy atom. The lowest BCUT2D eigenvalue weighted by Crippen LogP contribution is -2.51. The van der Waals surface area contributed by atoms with Crippen LogP contribution in [0.1, 0.15) is 20.8 Å². The number of hydrogen-bond acceptors (Lipinski definition) is 3. The fourth-order valence-corrected chi connectivity index (χ4v) is 1.13. The molecule has 0 aromatic carbocycles. The minimum Gasteiger partial charge on any atom is -0.315 e. The van der Waals surface area contributed by atoms with E-state index in [1.165, 1.54) is 0 Å². The molecule has 68 valence electrons. The van der Waals surface area contributed by atoms with Gasteiger partial charge in [0.1, 0.15) is 0 Å². The van der Waals surface area contributed by atoms with E-state index < -0.39 is 16.3 Å². The summed E-state index contributed by atoms with van der Waals surface area (Å²) in [6, 6.07) is -0.482. The second-order valence-electron chi connectivity index (χ2n) is 3.87. The Bertz CT molecular complexity index is 246. The van der Waals surface area contributed by atoms with Gasteiger partial charge in [0.15, 0.2) is 4.87 Å². The largest absolute Gasteiger partial charge is 0.323 e. The van der Waals surface area contributed by atoms with E-state index >= 15 is 0 Å². The van der Waals surface area contributed by atoms with Crippen molar-refractivity contribution in [2.24, 2.45) is 5.41 Å². The van der Waals surface area contributed by atoms with E-state index in [0.29, 0.717) is 0 Å². The van der Waals surface area contributed by atoms with Gasteiger partial charge in [-0.1, -0.05) is 20.8 Å². The van der Waals surface area contributed by atoms with Gasteiger partial charge in [0.05, 0.1) is 0 Å². The van der Waals surface area contributed by atoms with Crippen LogP contribution >= 0.6 is 12.6 Å². The van der Waals surface area contributed by atoms with Crippen molar-refractivity contribution in [1.29, 1.82) is 0 Å².